The Kier molecular flexibility index (Phi) is 2.69. The number of carboxylic acids is 1. The third-order valence-corrected chi connectivity index (χ3v) is 2.70. The maximum Gasteiger partial charge on any atom is 0.323 e. The number of aliphatic hydroxyl groups excluding tert-OH is 1. The number of hydrogen-bond acceptors (Lipinski definition) is 3. The van der Waals surface area contributed by atoms with Crippen molar-refractivity contribution in [3.8, 4) is 0 Å². The van der Waals surface area contributed by atoms with Crippen LogP contribution in [0.15, 0.2) is 0 Å². The Bertz CT molecular complexity index is 173. The fourth-order valence-corrected chi connectivity index (χ4v) is 1.67. The van der Waals surface area contributed by atoms with E-state index in [0.29, 0.717) is 25.7 Å². The van der Waals surface area contributed by atoms with Gasteiger partial charge in [-0.25, -0.2) is 0 Å². The predicted octanol–water partition coefficient (Wildman–Crippen LogP) is -0.0359. The summed E-state index contributed by atoms with van der Waals surface area (Å²) in [4.78, 5) is 10.9. The number of nitrogens with one attached hydrogen (secondary N) is 1. The van der Waals surface area contributed by atoms with Gasteiger partial charge in [0.2, 0.25) is 0 Å². The van der Waals surface area contributed by atoms with Gasteiger partial charge in [-0.05, 0) is 32.7 Å². The quantitative estimate of drug-likeness (QED) is 0.548. The van der Waals surface area contributed by atoms with Crippen molar-refractivity contribution in [2.45, 2.75) is 37.3 Å². The number of hydrogen-bond donors (Lipinski definition) is 3. The summed E-state index contributed by atoms with van der Waals surface area (Å²) in [6, 6.07) is 0. The van der Waals surface area contributed by atoms with Crippen LogP contribution in [0.4, 0.5) is 0 Å². The van der Waals surface area contributed by atoms with E-state index in [2.05, 4.69) is 5.32 Å². The average Bonchev–Trinajstić information content (AvgIpc) is 2.06. The minimum Gasteiger partial charge on any atom is -0.480 e. The minimum absolute atomic E-state index is 0.314. The summed E-state index contributed by atoms with van der Waals surface area (Å²) < 4.78 is 0. The third kappa shape index (κ3) is 1.59. The molecule has 1 saturated carbocycles. The zero-order valence-corrected chi connectivity index (χ0v) is 7.21. The van der Waals surface area contributed by atoms with Gasteiger partial charge in [-0.2, -0.15) is 0 Å². The van der Waals surface area contributed by atoms with Gasteiger partial charge >= 0.3 is 5.97 Å². The van der Waals surface area contributed by atoms with E-state index in [1.807, 2.05) is 0 Å². The lowest BCUT2D eigenvalue weighted by atomic mass is 9.80. The summed E-state index contributed by atoms with van der Waals surface area (Å²) in [6.07, 6.45) is 1.87. The summed E-state index contributed by atoms with van der Waals surface area (Å²) in [5.41, 5.74) is -0.792. The molecule has 1 fully saturated rings. The van der Waals surface area contributed by atoms with Crippen LogP contribution in [-0.4, -0.2) is 34.9 Å². The zero-order valence-electron chi connectivity index (χ0n) is 7.21. The van der Waals surface area contributed by atoms with Crippen LogP contribution < -0.4 is 5.32 Å². The average molecular weight is 173 g/mol. The predicted molar refractivity (Wildman–Crippen MR) is 43.9 cm³/mol. The molecule has 0 unspecified atom stereocenters. The molecule has 3 N–H and O–H groups in total. The first-order chi connectivity index (χ1) is 5.60. The Morgan fingerprint density at radius 1 is 1.50 bits per heavy atom. The van der Waals surface area contributed by atoms with Crippen molar-refractivity contribution >= 4 is 5.97 Å². The van der Waals surface area contributed by atoms with Gasteiger partial charge in [0.05, 0.1) is 6.10 Å². The molecule has 12 heavy (non-hydrogen) atoms. The first-order valence-corrected chi connectivity index (χ1v) is 4.21. The van der Waals surface area contributed by atoms with Gasteiger partial charge < -0.3 is 15.5 Å². The summed E-state index contributed by atoms with van der Waals surface area (Å²) in [5.74, 6) is -0.808. The largest absolute Gasteiger partial charge is 0.480 e. The van der Waals surface area contributed by atoms with Crippen LogP contribution in [0.1, 0.15) is 25.7 Å². The second-order valence-electron chi connectivity index (χ2n) is 3.37. The highest BCUT2D eigenvalue weighted by molar-refractivity contribution is 5.78. The van der Waals surface area contributed by atoms with Gasteiger partial charge in [-0.1, -0.05) is 0 Å². The lowest BCUT2D eigenvalue weighted by molar-refractivity contribution is -0.147. The molecule has 0 amide bonds. The summed E-state index contributed by atoms with van der Waals surface area (Å²) in [6.45, 7) is 0. The van der Waals surface area contributed by atoms with Crippen molar-refractivity contribution in [3.63, 3.8) is 0 Å². The molecule has 0 aliphatic heterocycles. The van der Waals surface area contributed by atoms with E-state index in [0.717, 1.165) is 0 Å². The summed E-state index contributed by atoms with van der Waals surface area (Å²) in [7, 11) is 1.66. The molecule has 70 valence electrons. The number of carboxylic acid groups (broad SMARTS) is 1. The van der Waals surface area contributed by atoms with Gasteiger partial charge in [-0.15, -0.1) is 0 Å². The number of aliphatic carboxylic acids is 1. The molecule has 1 aliphatic rings. The van der Waals surface area contributed by atoms with Crippen LogP contribution in [0.5, 0.6) is 0 Å². The van der Waals surface area contributed by atoms with Gasteiger partial charge in [0.1, 0.15) is 5.54 Å². The molecular weight excluding hydrogens is 158 g/mol. The van der Waals surface area contributed by atoms with Crippen molar-refractivity contribution < 1.29 is 15.0 Å². The highest BCUT2D eigenvalue weighted by Crippen LogP contribution is 2.28. The Morgan fingerprint density at radius 2 is 2.00 bits per heavy atom. The van der Waals surface area contributed by atoms with E-state index in [1.54, 1.807) is 7.05 Å². The topological polar surface area (TPSA) is 69.6 Å². The lowest BCUT2D eigenvalue weighted by Crippen LogP contribution is -2.53. The fraction of sp³-hybridized carbons (Fsp3) is 0.875. The van der Waals surface area contributed by atoms with Crippen molar-refractivity contribution in [2.24, 2.45) is 0 Å². The van der Waals surface area contributed by atoms with E-state index < -0.39 is 11.5 Å². The Balaban J connectivity index is 2.63. The first kappa shape index (κ1) is 9.48. The van der Waals surface area contributed by atoms with Crippen LogP contribution >= 0.6 is 0 Å². The normalized spacial score (nSPS) is 36.3. The van der Waals surface area contributed by atoms with Gasteiger partial charge in [0.25, 0.3) is 0 Å². The molecule has 1 rings (SSSR count). The molecule has 0 atom stereocenters. The third-order valence-electron chi connectivity index (χ3n) is 2.70. The molecule has 0 saturated heterocycles. The van der Waals surface area contributed by atoms with E-state index >= 15 is 0 Å². The molecule has 4 nitrogen and oxygen atoms in total. The van der Waals surface area contributed by atoms with Crippen molar-refractivity contribution in [1.82, 2.24) is 5.32 Å². The van der Waals surface area contributed by atoms with Crippen LogP contribution in [0.25, 0.3) is 0 Å². The second-order valence-corrected chi connectivity index (χ2v) is 3.37. The van der Waals surface area contributed by atoms with Crippen LogP contribution in [0, 0.1) is 0 Å². The molecule has 0 aromatic carbocycles. The molecule has 0 aromatic heterocycles. The maximum atomic E-state index is 10.9. The molecule has 0 spiro atoms. The summed E-state index contributed by atoms with van der Waals surface area (Å²) in [5, 5.41) is 21.0. The van der Waals surface area contributed by atoms with Crippen molar-refractivity contribution in [3.05, 3.63) is 0 Å². The number of rotatable bonds is 2. The fourth-order valence-electron chi connectivity index (χ4n) is 1.67. The van der Waals surface area contributed by atoms with E-state index in [-0.39, 0.29) is 6.10 Å². The van der Waals surface area contributed by atoms with Crippen LogP contribution in [0.3, 0.4) is 0 Å². The molecule has 0 heterocycles. The Hall–Kier alpha value is -0.610. The first-order valence-electron chi connectivity index (χ1n) is 4.21. The molecular formula is C8H15NO3. The van der Waals surface area contributed by atoms with Crippen LogP contribution in [-0.2, 0) is 4.79 Å². The Morgan fingerprint density at radius 3 is 2.33 bits per heavy atom. The van der Waals surface area contributed by atoms with Crippen molar-refractivity contribution in [2.75, 3.05) is 7.05 Å². The molecule has 4 heteroatoms. The van der Waals surface area contributed by atoms with Gasteiger partial charge in [0, 0.05) is 0 Å². The maximum absolute atomic E-state index is 10.9. The smallest absolute Gasteiger partial charge is 0.323 e. The number of aliphatic hydroxyl groups is 1. The van der Waals surface area contributed by atoms with Crippen molar-refractivity contribution in [1.29, 1.82) is 0 Å². The number of carbonyl (C=O) groups is 1. The monoisotopic (exact) mass is 173 g/mol. The highest BCUT2D eigenvalue weighted by Gasteiger charge is 2.39. The molecule has 0 aromatic rings. The Labute approximate surface area is 71.6 Å². The zero-order chi connectivity index (χ0) is 9.19. The second kappa shape index (κ2) is 3.41. The standard InChI is InChI=1S/C8H15NO3/c1-9-8(7(11)12)4-2-6(10)3-5-8/h6,9-10H,2-5H2,1H3,(H,11,12). The number of likely N-dealkylation sites (N-methyl/N-ethyl adjacent to an activating group) is 1. The highest BCUT2D eigenvalue weighted by atomic mass is 16.4. The lowest BCUT2D eigenvalue weighted by Gasteiger charge is -2.34. The van der Waals surface area contributed by atoms with Crippen LogP contribution in [0.2, 0.25) is 0 Å². The molecule has 0 radical (unpaired) electrons. The van der Waals surface area contributed by atoms with E-state index in [4.69, 9.17) is 5.11 Å². The minimum atomic E-state index is -0.808. The van der Waals surface area contributed by atoms with Gasteiger partial charge in [-0.3, -0.25) is 4.79 Å². The molecule has 0 bridgehead atoms. The van der Waals surface area contributed by atoms with Gasteiger partial charge in [0.15, 0.2) is 0 Å². The van der Waals surface area contributed by atoms with E-state index in [1.165, 1.54) is 0 Å². The summed E-state index contributed by atoms with van der Waals surface area (Å²) >= 11 is 0. The molecule has 1 aliphatic carbocycles. The van der Waals surface area contributed by atoms with E-state index in [9.17, 15) is 9.90 Å². The SMILES string of the molecule is CNC1(C(=O)O)CCC(O)CC1.